The highest BCUT2D eigenvalue weighted by atomic mass is 35.5. The lowest BCUT2D eigenvalue weighted by atomic mass is 10.2. The van der Waals surface area contributed by atoms with Crippen LogP contribution in [0.3, 0.4) is 0 Å². The zero-order valence-corrected chi connectivity index (χ0v) is 8.01. The summed E-state index contributed by atoms with van der Waals surface area (Å²) in [6.07, 6.45) is 7.77. The highest BCUT2D eigenvalue weighted by Crippen LogP contribution is 2.46. The summed E-state index contributed by atoms with van der Waals surface area (Å²) in [7, 11) is 0. The third kappa shape index (κ3) is 1.14. The van der Waals surface area contributed by atoms with Crippen LogP contribution in [-0.2, 0) is 11.4 Å². The van der Waals surface area contributed by atoms with Gasteiger partial charge in [-0.25, -0.2) is 4.98 Å². The van der Waals surface area contributed by atoms with E-state index in [9.17, 15) is 0 Å². The van der Waals surface area contributed by atoms with E-state index >= 15 is 0 Å². The fourth-order valence-electron chi connectivity index (χ4n) is 1.63. The van der Waals surface area contributed by atoms with Crippen molar-refractivity contribution in [3.05, 3.63) is 18.2 Å². The topological polar surface area (TPSA) is 17.8 Å². The van der Waals surface area contributed by atoms with Gasteiger partial charge in [-0.1, -0.05) is 6.92 Å². The first-order chi connectivity index (χ1) is 5.80. The Morgan fingerprint density at radius 3 is 2.83 bits per heavy atom. The Morgan fingerprint density at radius 2 is 2.42 bits per heavy atom. The van der Waals surface area contributed by atoms with E-state index in [1.54, 1.807) is 0 Å². The standard InChI is InChI=1S/C9H13ClN2/c1-2-9(3-4-9)12-6-8(5-10)11-7-12/h6-7H,2-5H2,1H3. The Labute approximate surface area is 77.6 Å². The van der Waals surface area contributed by atoms with E-state index in [4.69, 9.17) is 11.6 Å². The second-order valence-electron chi connectivity index (χ2n) is 3.48. The van der Waals surface area contributed by atoms with Crippen molar-refractivity contribution in [1.29, 1.82) is 0 Å². The number of aromatic nitrogens is 2. The van der Waals surface area contributed by atoms with Crippen LogP contribution >= 0.6 is 11.6 Å². The molecule has 2 nitrogen and oxygen atoms in total. The molecule has 66 valence electrons. The van der Waals surface area contributed by atoms with Crippen LogP contribution in [0.15, 0.2) is 12.5 Å². The molecule has 2 rings (SSSR count). The summed E-state index contributed by atoms with van der Waals surface area (Å²) in [5.74, 6) is 0.521. The molecule has 12 heavy (non-hydrogen) atoms. The maximum absolute atomic E-state index is 5.68. The quantitative estimate of drug-likeness (QED) is 0.661. The average Bonchev–Trinajstić information content (AvgIpc) is 2.77. The summed E-state index contributed by atoms with van der Waals surface area (Å²) < 4.78 is 2.23. The number of halogens is 1. The van der Waals surface area contributed by atoms with E-state index < -0.39 is 0 Å². The lowest BCUT2D eigenvalue weighted by molar-refractivity contribution is 0.464. The van der Waals surface area contributed by atoms with Crippen LogP contribution in [0.25, 0.3) is 0 Å². The van der Waals surface area contributed by atoms with Gasteiger partial charge in [0.05, 0.1) is 17.9 Å². The molecule has 0 spiro atoms. The molecule has 1 aromatic rings. The molecule has 1 heterocycles. The van der Waals surface area contributed by atoms with Crippen molar-refractivity contribution in [1.82, 2.24) is 9.55 Å². The van der Waals surface area contributed by atoms with E-state index in [1.165, 1.54) is 19.3 Å². The SMILES string of the molecule is CCC1(n2cnc(CCl)c2)CC1. The number of rotatable bonds is 3. The van der Waals surface area contributed by atoms with Crippen molar-refractivity contribution in [3.63, 3.8) is 0 Å². The lowest BCUT2D eigenvalue weighted by Crippen LogP contribution is -2.13. The molecule has 0 radical (unpaired) electrons. The van der Waals surface area contributed by atoms with E-state index in [0.29, 0.717) is 11.4 Å². The molecule has 0 N–H and O–H groups in total. The van der Waals surface area contributed by atoms with E-state index in [1.807, 2.05) is 6.33 Å². The van der Waals surface area contributed by atoms with Crippen molar-refractivity contribution < 1.29 is 0 Å². The van der Waals surface area contributed by atoms with Crippen molar-refractivity contribution >= 4 is 11.6 Å². The summed E-state index contributed by atoms with van der Waals surface area (Å²) in [4.78, 5) is 4.22. The van der Waals surface area contributed by atoms with Crippen LogP contribution in [0.4, 0.5) is 0 Å². The first-order valence-corrected chi connectivity index (χ1v) is 4.93. The molecule has 1 saturated carbocycles. The minimum absolute atomic E-state index is 0.400. The molecule has 1 aliphatic carbocycles. The van der Waals surface area contributed by atoms with E-state index in [0.717, 1.165) is 5.69 Å². The molecule has 1 aromatic heterocycles. The van der Waals surface area contributed by atoms with Gasteiger partial charge in [0.15, 0.2) is 0 Å². The lowest BCUT2D eigenvalue weighted by Gasteiger charge is -2.13. The molecule has 1 aliphatic rings. The Kier molecular flexibility index (Phi) is 1.87. The highest BCUT2D eigenvalue weighted by molar-refractivity contribution is 6.16. The smallest absolute Gasteiger partial charge is 0.0955 e. The highest BCUT2D eigenvalue weighted by Gasteiger charge is 2.42. The van der Waals surface area contributed by atoms with Gasteiger partial charge in [0.25, 0.3) is 0 Å². The Balaban J connectivity index is 2.23. The molecule has 0 saturated heterocycles. The van der Waals surface area contributed by atoms with Gasteiger partial charge >= 0.3 is 0 Å². The normalized spacial score (nSPS) is 19.5. The van der Waals surface area contributed by atoms with Gasteiger partial charge in [-0.3, -0.25) is 0 Å². The van der Waals surface area contributed by atoms with Crippen LogP contribution < -0.4 is 0 Å². The molecular formula is C9H13ClN2. The van der Waals surface area contributed by atoms with Crippen molar-refractivity contribution in [2.75, 3.05) is 0 Å². The molecule has 1 fully saturated rings. The summed E-state index contributed by atoms with van der Waals surface area (Å²) in [5, 5.41) is 0. The number of hydrogen-bond acceptors (Lipinski definition) is 1. The number of alkyl halides is 1. The number of nitrogens with zero attached hydrogens (tertiary/aromatic N) is 2. The van der Waals surface area contributed by atoms with Crippen molar-refractivity contribution in [2.45, 2.75) is 37.6 Å². The molecule has 0 bridgehead atoms. The molecule has 0 atom stereocenters. The van der Waals surface area contributed by atoms with Crippen LogP contribution in [0, 0.1) is 0 Å². The largest absolute Gasteiger partial charge is 0.331 e. The monoisotopic (exact) mass is 184 g/mol. The van der Waals surface area contributed by atoms with Crippen LogP contribution in [-0.4, -0.2) is 9.55 Å². The minimum Gasteiger partial charge on any atom is -0.331 e. The molecular weight excluding hydrogens is 172 g/mol. The van der Waals surface area contributed by atoms with Crippen molar-refractivity contribution in [2.24, 2.45) is 0 Å². The average molecular weight is 185 g/mol. The zero-order chi connectivity index (χ0) is 8.60. The van der Waals surface area contributed by atoms with Gasteiger partial charge < -0.3 is 4.57 Å². The zero-order valence-electron chi connectivity index (χ0n) is 7.26. The van der Waals surface area contributed by atoms with Gasteiger partial charge in [0.2, 0.25) is 0 Å². The predicted molar refractivity (Wildman–Crippen MR) is 49.3 cm³/mol. The van der Waals surface area contributed by atoms with Gasteiger partial charge in [0, 0.05) is 11.7 Å². The van der Waals surface area contributed by atoms with Crippen LogP contribution in [0.2, 0.25) is 0 Å². The van der Waals surface area contributed by atoms with Crippen LogP contribution in [0.1, 0.15) is 31.9 Å². The molecule has 0 unspecified atom stereocenters. The van der Waals surface area contributed by atoms with Gasteiger partial charge in [0.1, 0.15) is 0 Å². The van der Waals surface area contributed by atoms with Gasteiger partial charge in [-0.05, 0) is 19.3 Å². The minimum atomic E-state index is 0.400. The Bertz CT molecular complexity index is 276. The Morgan fingerprint density at radius 1 is 1.67 bits per heavy atom. The third-order valence-electron chi connectivity index (χ3n) is 2.81. The van der Waals surface area contributed by atoms with Crippen LogP contribution in [0.5, 0.6) is 0 Å². The first-order valence-electron chi connectivity index (χ1n) is 4.40. The second kappa shape index (κ2) is 2.77. The van der Waals surface area contributed by atoms with E-state index in [-0.39, 0.29) is 0 Å². The van der Waals surface area contributed by atoms with Crippen molar-refractivity contribution in [3.8, 4) is 0 Å². The maximum Gasteiger partial charge on any atom is 0.0955 e. The maximum atomic E-state index is 5.68. The predicted octanol–water partition coefficient (Wildman–Crippen LogP) is 2.52. The Hall–Kier alpha value is -0.500. The molecule has 0 aliphatic heterocycles. The molecule has 0 aromatic carbocycles. The summed E-state index contributed by atoms with van der Waals surface area (Å²) >= 11 is 5.68. The molecule has 3 heteroatoms. The second-order valence-corrected chi connectivity index (χ2v) is 3.75. The number of imidazole rings is 1. The third-order valence-corrected chi connectivity index (χ3v) is 3.08. The van der Waals surface area contributed by atoms with E-state index in [2.05, 4.69) is 22.7 Å². The summed E-state index contributed by atoms with van der Waals surface area (Å²) in [5.41, 5.74) is 1.38. The fourth-order valence-corrected chi connectivity index (χ4v) is 1.77. The molecule has 0 amide bonds. The first kappa shape index (κ1) is 8.11. The van der Waals surface area contributed by atoms with Gasteiger partial charge in [-0.15, -0.1) is 11.6 Å². The fraction of sp³-hybridized carbons (Fsp3) is 0.667. The van der Waals surface area contributed by atoms with Gasteiger partial charge in [-0.2, -0.15) is 0 Å². The summed E-state index contributed by atoms with van der Waals surface area (Å²) in [6, 6.07) is 0. The summed E-state index contributed by atoms with van der Waals surface area (Å²) in [6.45, 7) is 2.23. The number of hydrogen-bond donors (Lipinski definition) is 0.